The van der Waals surface area contributed by atoms with Crippen LogP contribution in [-0.4, -0.2) is 23.9 Å². The molecule has 6 heteroatoms. The highest BCUT2D eigenvalue weighted by molar-refractivity contribution is 9.10. The first kappa shape index (κ1) is 13.3. The van der Waals surface area contributed by atoms with Crippen molar-refractivity contribution >= 4 is 21.6 Å². The second-order valence-electron chi connectivity index (χ2n) is 3.46. The topological polar surface area (TPSA) is 32.3 Å². The fourth-order valence-electron chi connectivity index (χ4n) is 1.17. The van der Waals surface area contributed by atoms with Crippen LogP contribution >= 0.6 is 15.9 Å². The molecule has 0 spiro atoms. The second kappa shape index (κ2) is 5.05. The minimum absolute atomic E-state index is 0.537. The smallest absolute Gasteiger partial charge is 0.382 e. The van der Waals surface area contributed by atoms with Crippen LogP contribution in [0, 0.1) is 6.92 Å². The summed E-state index contributed by atoms with van der Waals surface area (Å²) in [5.74, 6) is 0. The van der Waals surface area contributed by atoms with Crippen molar-refractivity contribution in [3.05, 3.63) is 28.2 Å². The van der Waals surface area contributed by atoms with E-state index in [2.05, 4.69) is 21.2 Å². The van der Waals surface area contributed by atoms with Gasteiger partial charge in [-0.25, -0.2) is 0 Å². The lowest BCUT2D eigenvalue weighted by Crippen LogP contribution is -2.35. The Balaban J connectivity index is 2.61. The van der Waals surface area contributed by atoms with E-state index in [1.165, 1.54) is 0 Å². The van der Waals surface area contributed by atoms with Gasteiger partial charge in [0.15, 0.2) is 6.10 Å². The normalized spacial score (nSPS) is 13.6. The highest BCUT2D eigenvalue weighted by Gasteiger charge is 2.37. The van der Waals surface area contributed by atoms with Crippen LogP contribution in [0.1, 0.15) is 5.56 Å². The molecule has 0 amide bonds. The van der Waals surface area contributed by atoms with Crippen molar-refractivity contribution in [3.63, 3.8) is 0 Å². The molecule has 1 aromatic rings. The Morgan fingerprint density at radius 3 is 2.50 bits per heavy atom. The molecule has 0 aliphatic carbocycles. The summed E-state index contributed by atoms with van der Waals surface area (Å²) in [4.78, 5) is 0. The van der Waals surface area contributed by atoms with Crippen LogP contribution in [-0.2, 0) is 0 Å². The van der Waals surface area contributed by atoms with E-state index in [4.69, 9.17) is 5.11 Å². The molecular formula is C10H11BrF3NO. The van der Waals surface area contributed by atoms with Gasteiger partial charge in [-0.3, -0.25) is 0 Å². The number of hydrogen-bond donors (Lipinski definition) is 2. The van der Waals surface area contributed by atoms with Crippen molar-refractivity contribution in [1.29, 1.82) is 0 Å². The van der Waals surface area contributed by atoms with E-state index < -0.39 is 18.8 Å². The van der Waals surface area contributed by atoms with E-state index in [1.54, 1.807) is 12.1 Å². The Hall–Kier alpha value is -0.750. The maximum atomic E-state index is 12.0. The number of aliphatic hydroxyl groups excluding tert-OH is 1. The Morgan fingerprint density at radius 2 is 2.00 bits per heavy atom. The van der Waals surface area contributed by atoms with Gasteiger partial charge in [0, 0.05) is 16.7 Å². The molecule has 1 unspecified atom stereocenters. The number of benzene rings is 1. The molecule has 0 aliphatic rings. The maximum Gasteiger partial charge on any atom is 0.416 e. The van der Waals surface area contributed by atoms with Crippen LogP contribution in [0.25, 0.3) is 0 Å². The lowest BCUT2D eigenvalue weighted by atomic mass is 10.2. The van der Waals surface area contributed by atoms with Gasteiger partial charge < -0.3 is 10.4 Å². The third kappa shape index (κ3) is 4.02. The zero-order chi connectivity index (χ0) is 12.3. The molecule has 1 atom stereocenters. The summed E-state index contributed by atoms with van der Waals surface area (Å²) in [6.45, 7) is 1.27. The van der Waals surface area contributed by atoms with Gasteiger partial charge in [0.2, 0.25) is 0 Å². The minimum atomic E-state index is -4.59. The Bertz CT molecular complexity index is 347. The van der Waals surface area contributed by atoms with Gasteiger partial charge in [-0.1, -0.05) is 15.9 Å². The summed E-state index contributed by atoms with van der Waals surface area (Å²) in [6.07, 6.45) is -6.94. The van der Waals surface area contributed by atoms with Crippen molar-refractivity contribution in [2.45, 2.75) is 19.2 Å². The molecule has 0 radical (unpaired) electrons. The molecule has 0 bridgehead atoms. The van der Waals surface area contributed by atoms with Crippen LogP contribution in [0.15, 0.2) is 22.7 Å². The number of alkyl halides is 3. The van der Waals surface area contributed by atoms with Crippen molar-refractivity contribution in [2.24, 2.45) is 0 Å². The van der Waals surface area contributed by atoms with Gasteiger partial charge in [-0.2, -0.15) is 13.2 Å². The van der Waals surface area contributed by atoms with Gasteiger partial charge in [-0.05, 0) is 30.7 Å². The number of halogens is 4. The first-order chi connectivity index (χ1) is 7.29. The molecule has 1 rings (SSSR count). The molecule has 2 N–H and O–H groups in total. The maximum absolute atomic E-state index is 12.0. The lowest BCUT2D eigenvalue weighted by molar-refractivity contribution is -0.198. The number of aryl methyl sites for hydroxylation is 1. The van der Waals surface area contributed by atoms with Crippen molar-refractivity contribution < 1.29 is 18.3 Å². The van der Waals surface area contributed by atoms with E-state index in [1.807, 2.05) is 13.0 Å². The molecule has 0 heterocycles. The summed E-state index contributed by atoms with van der Waals surface area (Å²) in [5, 5.41) is 11.3. The molecule has 1 aromatic carbocycles. The molecule has 0 fully saturated rings. The summed E-state index contributed by atoms with van der Waals surface area (Å²) < 4.78 is 36.8. The fraction of sp³-hybridized carbons (Fsp3) is 0.400. The average Bonchev–Trinajstić information content (AvgIpc) is 2.11. The van der Waals surface area contributed by atoms with E-state index in [0.29, 0.717) is 5.69 Å². The Kier molecular flexibility index (Phi) is 4.21. The predicted molar refractivity (Wildman–Crippen MR) is 59.4 cm³/mol. The van der Waals surface area contributed by atoms with Crippen LogP contribution in [0.4, 0.5) is 18.9 Å². The lowest BCUT2D eigenvalue weighted by Gasteiger charge is -2.16. The molecule has 2 nitrogen and oxygen atoms in total. The Labute approximate surface area is 99.6 Å². The fourth-order valence-corrected chi connectivity index (χ4v) is 1.78. The molecule has 0 aromatic heterocycles. The predicted octanol–water partition coefficient (Wildman–Crippen LogP) is 3.09. The molecule has 16 heavy (non-hydrogen) atoms. The highest BCUT2D eigenvalue weighted by atomic mass is 79.9. The van der Waals surface area contributed by atoms with Gasteiger partial charge in [0.05, 0.1) is 0 Å². The summed E-state index contributed by atoms with van der Waals surface area (Å²) in [7, 11) is 0. The number of hydrogen-bond acceptors (Lipinski definition) is 2. The zero-order valence-electron chi connectivity index (χ0n) is 8.48. The van der Waals surface area contributed by atoms with Gasteiger partial charge in [0.25, 0.3) is 0 Å². The monoisotopic (exact) mass is 297 g/mol. The third-order valence-electron chi connectivity index (χ3n) is 1.92. The number of anilines is 1. The quantitative estimate of drug-likeness (QED) is 0.899. The van der Waals surface area contributed by atoms with E-state index in [-0.39, 0.29) is 0 Å². The largest absolute Gasteiger partial charge is 0.416 e. The molecule has 0 saturated heterocycles. The van der Waals surface area contributed by atoms with Crippen LogP contribution in [0.2, 0.25) is 0 Å². The van der Waals surface area contributed by atoms with Crippen LogP contribution < -0.4 is 5.32 Å². The number of nitrogens with one attached hydrogen (secondary N) is 1. The standard InChI is InChI=1S/C10H11BrF3NO/c1-6-2-7(11)4-8(3-6)15-5-9(16)10(12,13)14/h2-4,9,15-16H,5H2,1H3. The molecular weight excluding hydrogens is 287 g/mol. The first-order valence-electron chi connectivity index (χ1n) is 4.55. The van der Waals surface area contributed by atoms with Gasteiger partial charge >= 0.3 is 6.18 Å². The second-order valence-corrected chi connectivity index (χ2v) is 4.37. The first-order valence-corrected chi connectivity index (χ1v) is 5.34. The average molecular weight is 298 g/mol. The van der Waals surface area contributed by atoms with E-state index in [0.717, 1.165) is 10.0 Å². The van der Waals surface area contributed by atoms with Gasteiger partial charge in [-0.15, -0.1) is 0 Å². The van der Waals surface area contributed by atoms with Crippen LogP contribution in [0.5, 0.6) is 0 Å². The molecule has 0 saturated carbocycles. The highest BCUT2D eigenvalue weighted by Crippen LogP contribution is 2.22. The van der Waals surface area contributed by atoms with Gasteiger partial charge in [0.1, 0.15) is 0 Å². The summed E-state index contributed by atoms with van der Waals surface area (Å²) in [5.41, 5.74) is 1.45. The summed E-state index contributed by atoms with van der Waals surface area (Å²) in [6, 6.07) is 5.19. The Morgan fingerprint density at radius 1 is 1.38 bits per heavy atom. The van der Waals surface area contributed by atoms with Crippen molar-refractivity contribution in [1.82, 2.24) is 0 Å². The van der Waals surface area contributed by atoms with Crippen molar-refractivity contribution in [2.75, 3.05) is 11.9 Å². The van der Waals surface area contributed by atoms with E-state index in [9.17, 15) is 13.2 Å². The van der Waals surface area contributed by atoms with E-state index >= 15 is 0 Å². The number of aliphatic hydroxyl groups is 1. The number of rotatable bonds is 3. The zero-order valence-corrected chi connectivity index (χ0v) is 10.1. The minimum Gasteiger partial charge on any atom is -0.382 e. The van der Waals surface area contributed by atoms with Crippen LogP contribution in [0.3, 0.4) is 0 Å². The molecule has 90 valence electrons. The third-order valence-corrected chi connectivity index (χ3v) is 2.38. The SMILES string of the molecule is Cc1cc(Br)cc(NCC(O)C(F)(F)F)c1. The molecule has 0 aliphatic heterocycles. The van der Waals surface area contributed by atoms with Crippen molar-refractivity contribution in [3.8, 4) is 0 Å². The summed E-state index contributed by atoms with van der Waals surface area (Å²) >= 11 is 3.23.